The van der Waals surface area contributed by atoms with Crippen molar-refractivity contribution >= 4 is 21.8 Å². The molecule has 1 unspecified atom stereocenters. The normalized spacial score (nSPS) is 19.1. The van der Waals surface area contributed by atoms with Crippen molar-refractivity contribution in [2.75, 3.05) is 6.54 Å². The highest BCUT2D eigenvalue weighted by atomic mass is 79.9. The van der Waals surface area contributed by atoms with Crippen LogP contribution in [0.4, 0.5) is 0 Å². The third kappa shape index (κ3) is 4.99. The molecule has 0 radical (unpaired) electrons. The summed E-state index contributed by atoms with van der Waals surface area (Å²) in [6.45, 7) is 7.39. The largest absolute Gasteiger partial charge is 0.355 e. The summed E-state index contributed by atoms with van der Waals surface area (Å²) >= 11 is 3.60. The molecule has 0 bridgehead atoms. The van der Waals surface area contributed by atoms with Crippen molar-refractivity contribution in [2.24, 2.45) is 11.3 Å². The van der Waals surface area contributed by atoms with Gasteiger partial charge in [0, 0.05) is 17.3 Å². The Labute approximate surface area is 95.0 Å². The van der Waals surface area contributed by atoms with E-state index in [1.165, 1.54) is 0 Å². The number of hydrogen-bond acceptors (Lipinski definition) is 1. The maximum absolute atomic E-state index is 11.3. The highest BCUT2D eigenvalue weighted by molar-refractivity contribution is 9.09. The summed E-state index contributed by atoms with van der Waals surface area (Å²) in [4.78, 5) is 11.7. The fourth-order valence-corrected chi connectivity index (χ4v) is 2.57. The van der Waals surface area contributed by atoms with Gasteiger partial charge in [-0.1, -0.05) is 36.7 Å². The van der Waals surface area contributed by atoms with Crippen LogP contribution in [0.15, 0.2) is 0 Å². The van der Waals surface area contributed by atoms with Gasteiger partial charge in [-0.3, -0.25) is 4.79 Å². The van der Waals surface area contributed by atoms with E-state index < -0.39 is 0 Å². The quantitative estimate of drug-likeness (QED) is 0.775. The van der Waals surface area contributed by atoms with E-state index in [0.29, 0.717) is 16.2 Å². The van der Waals surface area contributed by atoms with E-state index in [1.807, 2.05) is 0 Å². The minimum absolute atomic E-state index is 0.239. The lowest BCUT2D eigenvalue weighted by molar-refractivity contribution is -0.122. The lowest BCUT2D eigenvalue weighted by atomic mass is 9.90. The van der Waals surface area contributed by atoms with E-state index in [1.54, 1.807) is 0 Å². The zero-order valence-electron chi connectivity index (χ0n) is 9.27. The molecule has 1 aliphatic carbocycles. The SMILES string of the molecule is CC(C)(C)CC(Br)CNC(=O)C1CC1. The lowest BCUT2D eigenvalue weighted by Crippen LogP contribution is -2.32. The molecule has 0 heterocycles. The first-order chi connectivity index (χ1) is 6.38. The van der Waals surface area contributed by atoms with Gasteiger partial charge in [0.15, 0.2) is 0 Å². The molecule has 82 valence electrons. The number of halogens is 1. The molecule has 1 N–H and O–H groups in total. The molecule has 0 aromatic rings. The molecule has 3 heteroatoms. The first-order valence-corrected chi connectivity index (χ1v) is 6.22. The van der Waals surface area contributed by atoms with E-state index in [-0.39, 0.29) is 5.91 Å². The van der Waals surface area contributed by atoms with Gasteiger partial charge in [0.25, 0.3) is 0 Å². The molecule has 1 saturated carbocycles. The molecule has 0 aliphatic heterocycles. The Hall–Kier alpha value is -0.0500. The number of hydrogen-bond donors (Lipinski definition) is 1. The number of amides is 1. The van der Waals surface area contributed by atoms with Crippen LogP contribution in [0.5, 0.6) is 0 Å². The molecule has 14 heavy (non-hydrogen) atoms. The highest BCUT2D eigenvalue weighted by Gasteiger charge is 2.29. The van der Waals surface area contributed by atoms with E-state index in [9.17, 15) is 4.79 Å². The van der Waals surface area contributed by atoms with Gasteiger partial charge in [0.1, 0.15) is 0 Å². The molecule has 1 atom stereocenters. The topological polar surface area (TPSA) is 29.1 Å². The highest BCUT2D eigenvalue weighted by Crippen LogP contribution is 2.29. The van der Waals surface area contributed by atoms with Gasteiger partial charge in [-0.2, -0.15) is 0 Å². The maximum atomic E-state index is 11.3. The average molecular weight is 262 g/mol. The van der Waals surface area contributed by atoms with Crippen LogP contribution < -0.4 is 5.32 Å². The predicted molar refractivity (Wildman–Crippen MR) is 62.5 cm³/mol. The van der Waals surface area contributed by atoms with E-state index >= 15 is 0 Å². The van der Waals surface area contributed by atoms with Crippen molar-refractivity contribution in [2.45, 2.75) is 44.9 Å². The van der Waals surface area contributed by atoms with Crippen molar-refractivity contribution in [3.8, 4) is 0 Å². The smallest absolute Gasteiger partial charge is 0.223 e. The number of carbonyl (C=O) groups excluding carboxylic acids is 1. The second-order valence-electron chi connectivity index (χ2n) is 5.38. The third-order valence-electron chi connectivity index (χ3n) is 2.28. The maximum Gasteiger partial charge on any atom is 0.223 e. The molecule has 0 aromatic carbocycles. The fraction of sp³-hybridized carbons (Fsp3) is 0.909. The van der Waals surface area contributed by atoms with Crippen LogP contribution in [0.2, 0.25) is 0 Å². The summed E-state index contributed by atoms with van der Waals surface area (Å²) in [5.41, 5.74) is 0.318. The van der Waals surface area contributed by atoms with Gasteiger partial charge in [-0.05, 0) is 24.7 Å². The second-order valence-corrected chi connectivity index (χ2v) is 6.68. The number of rotatable bonds is 4. The van der Waals surface area contributed by atoms with Crippen LogP contribution in [0.3, 0.4) is 0 Å². The Morgan fingerprint density at radius 2 is 2.07 bits per heavy atom. The standard InChI is InChI=1S/C11H20BrNO/c1-11(2,3)6-9(12)7-13-10(14)8-4-5-8/h8-9H,4-7H2,1-3H3,(H,13,14). The molecule has 1 amide bonds. The van der Waals surface area contributed by atoms with Crippen LogP contribution in [-0.2, 0) is 4.79 Å². The Morgan fingerprint density at radius 1 is 1.50 bits per heavy atom. The Kier molecular flexibility index (Phi) is 3.99. The zero-order chi connectivity index (χ0) is 10.8. The zero-order valence-corrected chi connectivity index (χ0v) is 10.9. The van der Waals surface area contributed by atoms with Crippen LogP contribution in [0, 0.1) is 11.3 Å². The van der Waals surface area contributed by atoms with Crippen molar-refractivity contribution in [3.63, 3.8) is 0 Å². The van der Waals surface area contributed by atoms with Crippen molar-refractivity contribution in [1.29, 1.82) is 0 Å². The van der Waals surface area contributed by atoms with Gasteiger partial charge in [-0.25, -0.2) is 0 Å². The summed E-state index contributed by atoms with van der Waals surface area (Å²) in [6.07, 6.45) is 3.24. The third-order valence-corrected chi connectivity index (χ3v) is 2.93. The summed E-state index contributed by atoms with van der Waals surface area (Å²) in [7, 11) is 0. The van der Waals surface area contributed by atoms with Crippen molar-refractivity contribution < 1.29 is 4.79 Å². The monoisotopic (exact) mass is 261 g/mol. The van der Waals surface area contributed by atoms with Gasteiger partial charge < -0.3 is 5.32 Å². The molecule has 0 saturated heterocycles. The van der Waals surface area contributed by atoms with Gasteiger partial charge in [0.2, 0.25) is 5.91 Å². The van der Waals surface area contributed by atoms with Crippen LogP contribution in [0.1, 0.15) is 40.0 Å². The number of alkyl halides is 1. The minimum Gasteiger partial charge on any atom is -0.355 e. The number of carbonyl (C=O) groups is 1. The first kappa shape index (κ1) is 12.0. The summed E-state index contributed by atoms with van der Waals surface area (Å²) in [5, 5.41) is 2.98. The first-order valence-electron chi connectivity index (χ1n) is 5.30. The van der Waals surface area contributed by atoms with Crippen LogP contribution in [-0.4, -0.2) is 17.3 Å². The van der Waals surface area contributed by atoms with Gasteiger partial charge in [-0.15, -0.1) is 0 Å². The Balaban J connectivity index is 2.13. The summed E-state index contributed by atoms with van der Waals surface area (Å²) in [6, 6.07) is 0. The van der Waals surface area contributed by atoms with Crippen molar-refractivity contribution in [1.82, 2.24) is 5.32 Å². The van der Waals surface area contributed by atoms with Crippen molar-refractivity contribution in [3.05, 3.63) is 0 Å². The fourth-order valence-electron chi connectivity index (χ4n) is 1.44. The van der Waals surface area contributed by atoms with Gasteiger partial charge >= 0.3 is 0 Å². The van der Waals surface area contributed by atoms with E-state index in [2.05, 4.69) is 42.0 Å². The van der Waals surface area contributed by atoms with Crippen LogP contribution in [0.25, 0.3) is 0 Å². The summed E-state index contributed by atoms with van der Waals surface area (Å²) in [5.74, 6) is 0.563. The molecule has 1 rings (SSSR count). The molecular formula is C11H20BrNO. The second kappa shape index (κ2) is 4.65. The van der Waals surface area contributed by atoms with Crippen LogP contribution >= 0.6 is 15.9 Å². The molecule has 1 fully saturated rings. The Morgan fingerprint density at radius 3 is 2.50 bits per heavy atom. The minimum atomic E-state index is 0.239. The molecule has 0 aromatic heterocycles. The predicted octanol–water partition coefficient (Wildman–Crippen LogP) is 2.71. The molecule has 1 aliphatic rings. The summed E-state index contributed by atoms with van der Waals surface area (Å²) < 4.78 is 0. The van der Waals surface area contributed by atoms with Gasteiger partial charge in [0.05, 0.1) is 0 Å². The number of nitrogens with one attached hydrogen (secondary N) is 1. The lowest BCUT2D eigenvalue weighted by Gasteiger charge is -2.22. The van der Waals surface area contributed by atoms with E-state index in [4.69, 9.17) is 0 Å². The molecular weight excluding hydrogens is 242 g/mol. The average Bonchev–Trinajstić information content (AvgIpc) is 2.78. The molecule has 2 nitrogen and oxygen atoms in total. The molecule has 0 spiro atoms. The Bertz CT molecular complexity index is 206. The van der Waals surface area contributed by atoms with E-state index in [0.717, 1.165) is 25.8 Å².